The summed E-state index contributed by atoms with van der Waals surface area (Å²) in [6, 6.07) is 11.6. The van der Waals surface area contributed by atoms with Gasteiger partial charge in [-0.25, -0.2) is 9.97 Å². The summed E-state index contributed by atoms with van der Waals surface area (Å²) in [7, 11) is 0. The third-order valence-electron chi connectivity index (χ3n) is 5.28. The number of aromatic nitrogens is 2. The molecule has 27 heavy (non-hydrogen) atoms. The highest BCUT2D eigenvalue weighted by molar-refractivity contribution is 5.90. The van der Waals surface area contributed by atoms with Crippen molar-refractivity contribution < 1.29 is 9.59 Å². The average Bonchev–Trinajstić information content (AvgIpc) is 2.94. The fourth-order valence-corrected chi connectivity index (χ4v) is 3.81. The molecule has 7 heteroatoms. The molecule has 140 valence electrons. The molecule has 0 radical (unpaired) electrons. The molecule has 0 aliphatic carbocycles. The lowest BCUT2D eigenvalue weighted by molar-refractivity contribution is -0.142. The van der Waals surface area contributed by atoms with E-state index in [-0.39, 0.29) is 23.7 Å². The normalized spacial score (nSPS) is 20.9. The first kappa shape index (κ1) is 17.6. The van der Waals surface area contributed by atoms with Crippen LogP contribution in [0.1, 0.15) is 22.6 Å². The van der Waals surface area contributed by atoms with E-state index in [0.717, 1.165) is 18.7 Å². The number of hydrogen-bond acceptors (Lipinski definition) is 5. The van der Waals surface area contributed by atoms with E-state index in [4.69, 9.17) is 0 Å². The Labute approximate surface area is 158 Å². The molecule has 2 saturated heterocycles. The summed E-state index contributed by atoms with van der Waals surface area (Å²) in [5, 5.41) is 0. The highest BCUT2D eigenvalue weighted by atomic mass is 16.2. The van der Waals surface area contributed by atoms with Crippen molar-refractivity contribution in [2.75, 3.05) is 32.7 Å². The van der Waals surface area contributed by atoms with E-state index in [0.29, 0.717) is 32.6 Å². The summed E-state index contributed by atoms with van der Waals surface area (Å²) < 4.78 is 0. The van der Waals surface area contributed by atoms with Crippen molar-refractivity contribution in [2.24, 2.45) is 0 Å². The number of rotatable bonds is 3. The van der Waals surface area contributed by atoms with Crippen molar-refractivity contribution >= 4 is 11.8 Å². The van der Waals surface area contributed by atoms with E-state index in [2.05, 4.69) is 14.9 Å². The van der Waals surface area contributed by atoms with Gasteiger partial charge in [0.1, 0.15) is 0 Å². The van der Waals surface area contributed by atoms with E-state index in [9.17, 15) is 9.59 Å². The van der Waals surface area contributed by atoms with Gasteiger partial charge in [0.2, 0.25) is 11.7 Å². The van der Waals surface area contributed by atoms with Gasteiger partial charge >= 0.3 is 0 Å². The van der Waals surface area contributed by atoms with E-state index in [1.807, 2.05) is 35.2 Å². The standard InChI is InChI=1S/C20H23N5O2/c26-19-17-7-10-24(20(27)18-21-8-4-9-22-18)13-11-23(17)12-14-25(19)15-16-5-2-1-3-6-16/h1-6,8-9,17H,7,10-15H2. The quantitative estimate of drug-likeness (QED) is 0.813. The number of amides is 2. The fraction of sp³-hybridized carbons (Fsp3) is 0.400. The molecule has 3 heterocycles. The van der Waals surface area contributed by atoms with Crippen LogP contribution in [0.3, 0.4) is 0 Å². The van der Waals surface area contributed by atoms with Gasteiger partial charge in [-0.1, -0.05) is 30.3 Å². The number of piperazine rings is 1. The Morgan fingerprint density at radius 1 is 0.963 bits per heavy atom. The van der Waals surface area contributed by atoms with Gasteiger partial charge in [-0.3, -0.25) is 14.5 Å². The number of fused-ring (bicyclic) bond motifs is 1. The Morgan fingerprint density at radius 2 is 1.70 bits per heavy atom. The molecule has 2 aliphatic heterocycles. The predicted octanol–water partition coefficient (Wildman–Crippen LogP) is 1.04. The van der Waals surface area contributed by atoms with Crippen LogP contribution in [0.25, 0.3) is 0 Å². The van der Waals surface area contributed by atoms with E-state index in [1.54, 1.807) is 23.4 Å². The molecule has 1 aromatic carbocycles. The second-order valence-corrected chi connectivity index (χ2v) is 6.95. The Kier molecular flexibility index (Phi) is 5.11. The monoisotopic (exact) mass is 365 g/mol. The second-order valence-electron chi connectivity index (χ2n) is 6.95. The van der Waals surface area contributed by atoms with E-state index in [1.165, 1.54) is 0 Å². The van der Waals surface area contributed by atoms with Crippen LogP contribution in [0, 0.1) is 0 Å². The predicted molar refractivity (Wildman–Crippen MR) is 99.8 cm³/mol. The summed E-state index contributed by atoms with van der Waals surface area (Å²) in [6.45, 7) is 4.05. The van der Waals surface area contributed by atoms with Gasteiger partial charge in [-0.15, -0.1) is 0 Å². The molecule has 7 nitrogen and oxygen atoms in total. The minimum absolute atomic E-state index is 0.156. The molecular formula is C20H23N5O2. The number of benzene rings is 1. The molecule has 2 aromatic rings. The molecule has 2 amide bonds. The minimum Gasteiger partial charge on any atom is -0.336 e. The van der Waals surface area contributed by atoms with Gasteiger partial charge < -0.3 is 9.80 Å². The van der Waals surface area contributed by atoms with Gasteiger partial charge in [0.15, 0.2) is 0 Å². The van der Waals surface area contributed by atoms with Crippen molar-refractivity contribution in [2.45, 2.75) is 19.0 Å². The van der Waals surface area contributed by atoms with Crippen LogP contribution >= 0.6 is 0 Å². The lowest BCUT2D eigenvalue weighted by Crippen LogP contribution is -2.56. The number of hydrogen-bond donors (Lipinski definition) is 0. The zero-order valence-corrected chi connectivity index (χ0v) is 15.2. The first-order valence-electron chi connectivity index (χ1n) is 9.35. The average molecular weight is 365 g/mol. The van der Waals surface area contributed by atoms with Crippen LogP contribution < -0.4 is 0 Å². The van der Waals surface area contributed by atoms with Crippen molar-refractivity contribution in [1.82, 2.24) is 24.7 Å². The Hall–Kier alpha value is -2.80. The summed E-state index contributed by atoms with van der Waals surface area (Å²) >= 11 is 0. The first-order valence-corrected chi connectivity index (χ1v) is 9.35. The number of nitrogens with zero attached hydrogens (tertiary/aromatic N) is 5. The molecular weight excluding hydrogens is 342 g/mol. The third kappa shape index (κ3) is 3.83. The van der Waals surface area contributed by atoms with Crippen LogP contribution in [0.4, 0.5) is 0 Å². The van der Waals surface area contributed by atoms with Crippen molar-refractivity contribution in [1.29, 1.82) is 0 Å². The Morgan fingerprint density at radius 3 is 2.48 bits per heavy atom. The second kappa shape index (κ2) is 7.84. The molecule has 0 spiro atoms. The van der Waals surface area contributed by atoms with Gasteiger partial charge in [0, 0.05) is 51.7 Å². The lowest BCUT2D eigenvalue weighted by Gasteiger charge is -2.39. The van der Waals surface area contributed by atoms with Gasteiger partial charge in [0.05, 0.1) is 6.04 Å². The Balaban J connectivity index is 1.42. The first-order chi connectivity index (χ1) is 13.2. The molecule has 0 N–H and O–H groups in total. The molecule has 4 rings (SSSR count). The van der Waals surface area contributed by atoms with Crippen molar-refractivity contribution in [3.63, 3.8) is 0 Å². The van der Waals surface area contributed by atoms with E-state index < -0.39 is 0 Å². The highest BCUT2D eigenvalue weighted by Gasteiger charge is 2.37. The SMILES string of the molecule is O=C(c1ncccn1)N1CCC2C(=O)N(Cc3ccccc3)CCN2CC1. The third-order valence-corrected chi connectivity index (χ3v) is 5.28. The topological polar surface area (TPSA) is 69.6 Å². The number of carbonyl (C=O) groups is 2. The molecule has 1 unspecified atom stereocenters. The molecule has 2 fully saturated rings. The van der Waals surface area contributed by atoms with Gasteiger partial charge in [0.25, 0.3) is 5.91 Å². The summed E-state index contributed by atoms with van der Waals surface area (Å²) in [4.78, 5) is 39.7. The summed E-state index contributed by atoms with van der Waals surface area (Å²) in [5.74, 6) is 0.216. The Bertz CT molecular complexity index is 799. The molecule has 1 aromatic heterocycles. The maximum Gasteiger partial charge on any atom is 0.291 e. The summed E-state index contributed by atoms with van der Waals surface area (Å²) in [5.41, 5.74) is 1.14. The van der Waals surface area contributed by atoms with Crippen molar-refractivity contribution in [3.05, 3.63) is 60.2 Å². The fourth-order valence-electron chi connectivity index (χ4n) is 3.81. The smallest absolute Gasteiger partial charge is 0.291 e. The molecule has 0 bridgehead atoms. The van der Waals surface area contributed by atoms with Gasteiger partial charge in [-0.2, -0.15) is 0 Å². The van der Waals surface area contributed by atoms with Gasteiger partial charge in [-0.05, 0) is 18.1 Å². The maximum absolute atomic E-state index is 13.0. The summed E-state index contributed by atoms with van der Waals surface area (Å²) in [6.07, 6.45) is 3.79. The lowest BCUT2D eigenvalue weighted by atomic mass is 10.1. The molecule has 2 aliphatic rings. The van der Waals surface area contributed by atoms with Crippen LogP contribution in [0.2, 0.25) is 0 Å². The van der Waals surface area contributed by atoms with Crippen molar-refractivity contribution in [3.8, 4) is 0 Å². The van der Waals surface area contributed by atoms with Crippen LogP contribution in [-0.4, -0.2) is 75.2 Å². The zero-order valence-electron chi connectivity index (χ0n) is 15.2. The highest BCUT2D eigenvalue weighted by Crippen LogP contribution is 2.20. The number of carbonyl (C=O) groups excluding carboxylic acids is 2. The largest absolute Gasteiger partial charge is 0.336 e. The molecule has 0 saturated carbocycles. The van der Waals surface area contributed by atoms with E-state index >= 15 is 0 Å². The van der Waals surface area contributed by atoms with Crippen LogP contribution in [0.5, 0.6) is 0 Å². The minimum atomic E-state index is -0.163. The van der Waals surface area contributed by atoms with Crippen LogP contribution in [-0.2, 0) is 11.3 Å². The maximum atomic E-state index is 13.0. The molecule has 1 atom stereocenters. The van der Waals surface area contributed by atoms with Crippen LogP contribution in [0.15, 0.2) is 48.8 Å². The zero-order chi connectivity index (χ0) is 18.6.